The minimum Gasteiger partial charge on any atom is -0.326 e. The van der Waals surface area contributed by atoms with E-state index in [4.69, 9.17) is 11.6 Å². The van der Waals surface area contributed by atoms with Gasteiger partial charge in [-0.2, -0.15) is 0 Å². The number of aromatic nitrogens is 1. The third-order valence-corrected chi connectivity index (χ3v) is 4.20. The normalized spacial score (nSPS) is 19.1. The summed E-state index contributed by atoms with van der Waals surface area (Å²) in [7, 11) is 0. The Labute approximate surface area is 121 Å². The van der Waals surface area contributed by atoms with Crippen molar-refractivity contribution in [1.29, 1.82) is 0 Å². The van der Waals surface area contributed by atoms with Crippen LogP contribution in [0.1, 0.15) is 30.5 Å². The molecule has 19 heavy (non-hydrogen) atoms. The zero-order valence-electron chi connectivity index (χ0n) is 10.7. The first-order valence-electron chi connectivity index (χ1n) is 6.26. The van der Waals surface area contributed by atoms with Crippen LogP contribution in [0.4, 0.5) is 4.79 Å². The molecule has 1 aromatic rings. The smallest absolute Gasteiger partial charge is 0.324 e. The highest BCUT2D eigenvalue weighted by molar-refractivity contribution is 7.09. The molecule has 1 aliphatic rings. The van der Waals surface area contributed by atoms with Gasteiger partial charge < -0.3 is 5.32 Å². The van der Waals surface area contributed by atoms with Crippen LogP contribution in [0.2, 0.25) is 0 Å². The quantitative estimate of drug-likeness (QED) is 0.647. The molecule has 1 saturated heterocycles. The first-order valence-corrected chi connectivity index (χ1v) is 7.68. The molecule has 0 spiro atoms. The lowest BCUT2D eigenvalue weighted by Crippen LogP contribution is -2.33. The molecule has 0 saturated carbocycles. The number of amides is 3. The first kappa shape index (κ1) is 14.3. The Morgan fingerprint density at radius 1 is 1.53 bits per heavy atom. The third kappa shape index (κ3) is 3.25. The van der Waals surface area contributed by atoms with Crippen molar-refractivity contribution in [3.8, 4) is 0 Å². The summed E-state index contributed by atoms with van der Waals surface area (Å²) in [6.07, 6.45) is 2.14. The minimum absolute atomic E-state index is 0.124. The van der Waals surface area contributed by atoms with Gasteiger partial charge in [-0.3, -0.25) is 9.69 Å². The summed E-state index contributed by atoms with van der Waals surface area (Å²) >= 11 is 7.19. The standard InChI is InChI=1S/C12H16ClN3O2S/c1-2-3-9-11(17)16(12(18)15-9)5-4-10-14-8(6-13)7-19-10/h7,9H,2-6H2,1H3,(H,15,18). The fourth-order valence-corrected chi connectivity index (χ4v) is 3.02. The highest BCUT2D eigenvalue weighted by Gasteiger charge is 2.36. The number of hydrogen-bond donors (Lipinski definition) is 1. The fraction of sp³-hybridized carbons (Fsp3) is 0.583. The molecule has 0 bridgehead atoms. The summed E-state index contributed by atoms with van der Waals surface area (Å²) in [5.74, 6) is 0.263. The lowest BCUT2D eigenvalue weighted by atomic mass is 10.2. The number of alkyl halides is 1. The second-order valence-corrected chi connectivity index (χ2v) is 5.61. The van der Waals surface area contributed by atoms with Crippen molar-refractivity contribution in [3.05, 3.63) is 16.1 Å². The summed E-state index contributed by atoms with van der Waals surface area (Å²) in [6.45, 7) is 2.37. The summed E-state index contributed by atoms with van der Waals surface area (Å²) < 4.78 is 0. The van der Waals surface area contributed by atoms with Crippen molar-refractivity contribution in [3.63, 3.8) is 0 Å². The Kier molecular flexibility index (Phi) is 4.76. The van der Waals surface area contributed by atoms with E-state index in [-0.39, 0.29) is 18.0 Å². The molecule has 2 rings (SSSR count). The maximum Gasteiger partial charge on any atom is 0.324 e. The molecular formula is C12H16ClN3O2S. The highest BCUT2D eigenvalue weighted by Crippen LogP contribution is 2.15. The summed E-state index contributed by atoms with van der Waals surface area (Å²) in [5, 5.41) is 5.50. The number of carbonyl (C=O) groups excluding carboxylic acids is 2. The Balaban J connectivity index is 1.92. The van der Waals surface area contributed by atoms with Gasteiger partial charge in [0, 0.05) is 18.3 Å². The van der Waals surface area contributed by atoms with Crippen LogP contribution >= 0.6 is 22.9 Å². The van der Waals surface area contributed by atoms with Gasteiger partial charge in [-0.05, 0) is 6.42 Å². The molecule has 3 amide bonds. The van der Waals surface area contributed by atoms with E-state index in [1.807, 2.05) is 12.3 Å². The topological polar surface area (TPSA) is 62.3 Å². The maximum atomic E-state index is 12.0. The number of halogens is 1. The average molecular weight is 302 g/mol. The van der Waals surface area contributed by atoms with E-state index in [1.165, 1.54) is 16.2 Å². The summed E-state index contributed by atoms with van der Waals surface area (Å²) in [4.78, 5) is 29.3. The Hall–Kier alpha value is -1.14. The van der Waals surface area contributed by atoms with Crippen LogP contribution in [0.25, 0.3) is 0 Å². The zero-order chi connectivity index (χ0) is 13.8. The molecule has 0 aromatic carbocycles. The van der Waals surface area contributed by atoms with Gasteiger partial charge in [0.25, 0.3) is 5.91 Å². The number of urea groups is 1. The van der Waals surface area contributed by atoms with Crippen molar-refractivity contribution in [1.82, 2.24) is 15.2 Å². The largest absolute Gasteiger partial charge is 0.326 e. The van der Waals surface area contributed by atoms with Crippen molar-refractivity contribution < 1.29 is 9.59 Å². The average Bonchev–Trinajstić information content (AvgIpc) is 2.95. The molecule has 0 aliphatic carbocycles. The van der Waals surface area contributed by atoms with Gasteiger partial charge in [0.15, 0.2) is 0 Å². The van der Waals surface area contributed by atoms with Crippen molar-refractivity contribution in [2.75, 3.05) is 6.54 Å². The van der Waals surface area contributed by atoms with E-state index in [9.17, 15) is 9.59 Å². The lowest BCUT2D eigenvalue weighted by molar-refractivity contribution is -0.127. The second kappa shape index (κ2) is 6.34. The molecule has 1 unspecified atom stereocenters. The molecule has 1 N–H and O–H groups in total. The van der Waals surface area contributed by atoms with Crippen LogP contribution in [-0.4, -0.2) is 34.4 Å². The highest BCUT2D eigenvalue weighted by atomic mass is 35.5. The van der Waals surface area contributed by atoms with E-state index in [0.29, 0.717) is 25.3 Å². The maximum absolute atomic E-state index is 12.0. The Morgan fingerprint density at radius 2 is 2.32 bits per heavy atom. The van der Waals surface area contributed by atoms with E-state index >= 15 is 0 Å². The molecule has 2 heterocycles. The van der Waals surface area contributed by atoms with E-state index in [0.717, 1.165) is 17.1 Å². The number of nitrogens with one attached hydrogen (secondary N) is 1. The predicted molar refractivity (Wildman–Crippen MR) is 74.3 cm³/mol. The number of thiazole rings is 1. The molecule has 5 nitrogen and oxygen atoms in total. The van der Waals surface area contributed by atoms with Crippen LogP contribution in [-0.2, 0) is 17.1 Å². The number of carbonyl (C=O) groups is 2. The molecule has 104 valence electrons. The van der Waals surface area contributed by atoms with Gasteiger partial charge in [-0.1, -0.05) is 13.3 Å². The molecular weight excluding hydrogens is 286 g/mol. The third-order valence-electron chi connectivity index (χ3n) is 2.97. The molecule has 7 heteroatoms. The monoisotopic (exact) mass is 301 g/mol. The van der Waals surface area contributed by atoms with Crippen LogP contribution in [0.5, 0.6) is 0 Å². The summed E-state index contributed by atoms with van der Waals surface area (Å²) in [6, 6.07) is -0.648. The van der Waals surface area contributed by atoms with Crippen molar-refractivity contribution in [2.45, 2.75) is 38.1 Å². The van der Waals surface area contributed by atoms with Crippen LogP contribution in [0, 0.1) is 0 Å². The minimum atomic E-state index is -0.354. The molecule has 1 fully saturated rings. The van der Waals surface area contributed by atoms with E-state index in [2.05, 4.69) is 10.3 Å². The first-order chi connectivity index (χ1) is 9.15. The number of imide groups is 1. The molecule has 1 atom stereocenters. The van der Waals surface area contributed by atoms with Crippen molar-refractivity contribution in [2.24, 2.45) is 0 Å². The van der Waals surface area contributed by atoms with Gasteiger partial charge in [-0.15, -0.1) is 22.9 Å². The van der Waals surface area contributed by atoms with E-state index < -0.39 is 0 Å². The fourth-order valence-electron chi connectivity index (χ4n) is 2.01. The molecule has 0 radical (unpaired) electrons. The van der Waals surface area contributed by atoms with E-state index in [1.54, 1.807) is 0 Å². The Morgan fingerprint density at radius 3 is 2.95 bits per heavy atom. The molecule has 1 aliphatic heterocycles. The van der Waals surface area contributed by atoms with Crippen molar-refractivity contribution >= 4 is 34.9 Å². The zero-order valence-corrected chi connectivity index (χ0v) is 12.3. The van der Waals surface area contributed by atoms with Gasteiger partial charge in [0.1, 0.15) is 6.04 Å². The van der Waals surface area contributed by atoms with Gasteiger partial charge in [-0.25, -0.2) is 9.78 Å². The predicted octanol–water partition coefficient (Wildman–Crippen LogP) is 2.14. The lowest BCUT2D eigenvalue weighted by Gasteiger charge is -2.11. The van der Waals surface area contributed by atoms with Crippen LogP contribution in [0.3, 0.4) is 0 Å². The number of hydrogen-bond acceptors (Lipinski definition) is 4. The molecule has 1 aromatic heterocycles. The van der Waals surface area contributed by atoms with Gasteiger partial charge in [0.05, 0.1) is 16.6 Å². The second-order valence-electron chi connectivity index (χ2n) is 4.40. The number of nitrogens with zero attached hydrogens (tertiary/aromatic N) is 2. The van der Waals surface area contributed by atoms with Gasteiger partial charge in [0.2, 0.25) is 0 Å². The van der Waals surface area contributed by atoms with Crippen LogP contribution < -0.4 is 5.32 Å². The Bertz CT molecular complexity index is 477. The summed E-state index contributed by atoms with van der Waals surface area (Å²) in [5.41, 5.74) is 0.836. The SMILES string of the molecule is CCCC1NC(=O)N(CCc2nc(CCl)cs2)C1=O. The number of rotatable bonds is 6. The van der Waals surface area contributed by atoms with Gasteiger partial charge >= 0.3 is 6.03 Å². The van der Waals surface area contributed by atoms with Crippen LogP contribution in [0.15, 0.2) is 5.38 Å².